The number of carbonyl (C=O) groups is 6. The Kier molecular flexibility index (Phi) is 17.6. The van der Waals surface area contributed by atoms with E-state index in [4.69, 9.17) is 19.2 Å². The van der Waals surface area contributed by atoms with E-state index in [1.54, 1.807) is 98.1 Å². The Bertz CT molecular complexity index is 4210. The van der Waals surface area contributed by atoms with Crippen molar-refractivity contribution in [2.24, 2.45) is 5.92 Å². The molecule has 89 heavy (non-hydrogen) atoms. The summed E-state index contributed by atoms with van der Waals surface area (Å²) in [5.74, 6) is -4.61. The van der Waals surface area contributed by atoms with E-state index in [-0.39, 0.29) is 67.5 Å². The third kappa shape index (κ3) is 12.8. The summed E-state index contributed by atoms with van der Waals surface area (Å²) < 4.78 is 48.7. The zero-order valence-electron chi connectivity index (χ0n) is 49.0. The van der Waals surface area contributed by atoms with Gasteiger partial charge >= 0.3 is 30.0 Å². The first-order chi connectivity index (χ1) is 42.9. The Morgan fingerprint density at radius 3 is 2.19 bits per heavy atom. The van der Waals surface area contributed by atoms with Crippen LogP contribution in [0.5, 0.6) is 0 Å². The summed E-state index contributed by atoms with van der Waals surface area (Å²) in [5, 5.41) is 21.5. The molecule has 1 aliphatic carbocycles. The van der Waals surface area contributed by atoms with Crippen molar-refractivity contribution in [2.75, 3.05) is 18.5 Å². The van der Waals surface area contributed by atoms with Crippen LogP contribution in [0.15, 0.2) is 173 Å². The molecule has 0 radical (unpaired) electrons. The molecular formula is C68H65N7O13S. The first-order valence-electron chi connectivity index (χ1n) is 29.4. The van der Waals surface area contributed by atoms with E-state index in [9.17, 15) is 47.1 Å². The number of sulfonamides is 1. The lowest BCUT2D eigenvalue weighted by atomic mass is 9.85. The van der Waals surface area contributed by atoms with Crippen molar-refractivity contribution in [3.63, 3.8) is 0 Å². The molecule has 6 N–H and O–H groups in total. The van der Waals surface area contributed by atoms with Crippen molar-refractivity contribution in [3.05, 3.63) is 208 Å². The third-order valence-electron chi connectivity index (χ3n) is 16.5. The van der Waals surface area contributed by atoms with Crippen molar-refractivity contribution in [1.82, 2.24) is 30.2 Å². The number of urea groups is 1. The lowest BCUT2D eigenvalue weighted by Crippen LogP contribution is -2.56. The molecule has 21 heteroatoms. The topological polar surface area (TPSA) is 280 Å². The molecule has 1 unspecified atom stereocenters. The fourth-order valence-electron chi connectivity index (χ4n) is 11.9. The first kappa shape index (κ1) is 60.7. The lowest BCUT2D eigenvalue weighted by molar-refractivity contribution is -0.191. The van der Waals surface area contributed by atoms with Gasteiger partial charge in [-0.15, -0.1) is 0 Å². The Hall–Kier alpha value is -9.99. The maximum absolute atomic E-state index is 14.7. The number of anilines is 1. The average molecular weight is 1220 g/mol. The van der Waals surface area contributed by atoms with Gasteiger partial charge < -0.3 is 45.2 Å². The molecule has 4 heterocycles. The van der Waals surface area contributed by atoms with Crippen LogP contribution >= 0.6 is 0 Å². The summed E-state index contributed by atoms with van der Waals surface area (Å²) in [6, 6.07) is 43.7. The molecule has 11 rings (SSSR count). The highest BCUT2D eigenvalue weighted by atomic mass is 32.2. The Morgan fingerprint density at radius 1 is 0.787 bits per heavy atom. The third-order valence-corrected chi connectivity index (χ3v) is 18.0. The van der Waals surface area contributed by atoms with Crippen LogP contribution in [0.2, 0.25) is 0 Å². The number of pyridine rings is 2. The number of hydrogen-bond donors (Lipinski definition) is 6. The van der Waals surface area contributed by atoms with Gasteiger partial charge in [0.25, 0.3) is 5.56 Å². The van der Waals surface area contributed by atoms with E-state index in [1.807, 2.05) is 78.9 Å². The molecule has 6 aromatic carbocycles. The van der Waals surface area contributed by atoms with E-state index in [1.165, 1.54) is 12.1 Å². The number of aliphatic carboxylic acids is 1. The molecule has 8 aromatic rings. The molecule has 2 aromatic heterocycles. The zero-order chi connectivity index (χ0) is 62.6. The predicted octanol–water partition coefficient (Wildman–Crippen LogP) is 9.83. The fraction of sp³-hybridized carbons (Fsp3) is 0.265. The molecule has 4 amide bonds. The van der Waals surface area contributed by atoms with Crippen LogP contribution in [0.4, 0.5) is 15.3 Å². The summed E-state index contributed by atoms with van der Waals surface area (Å²) >= 11 is 0. The van der Waals surface area contributed by atoms with Crippen LogP contribution in [-0.2, 0) is 62.2 Å². The van der Waals surface area contributed by atoms with Gasteiger partial charge in [0.15, 0.2) is 0 Å². The second-order valence-electron chi connectivity index (χ2n) is 22.6. The number of nitrogens with zero attached hydrogens (tertiary/aromatic N) is 2. The monoisotopic (exact) mass is 1220 g/mol. The maximum atomic E-state index is 14.7. The Labute approximate surface area is 513 Å². The number of hydrogen-bond acceptors (Lipinski definition) is 13. The number of cyclic esters (lactones) is 1. The normalized spacial score (nSPS) is 15.7. The number of amides is 4. The summed E-state index contributed by atoms with van der Waals surface area (Å²) in [6.45, 7) is 5.14. The number of ether oxygens (including phenoxy) is 3. The highest BCUT2D eigenvalue weighted by Gasteiger charge is 2.52. The smallest absolute Gasteiger partial charge is 0.407 e. The van der Waals surface area contributed by atoms with E-state index in [2.05, 4.69) is 26.0 Å². The van der Waals surface area contributed by atoms with Crippen molar-refractivity contribution in [3.8, 4) is 33.6 Å². The molecule has 0 bridgehead atoms. The molecule has 0 spiro atoms. The quantitative estimate of drug-likeness (QED) is 0.0209. The number of carbonyl (C=O) groups excluding carboxylic acids is 5. The Morgan fingerprint density at radius 2 is 1.48 bits per heavy atom. The van der Waals surface area contributed by atoms with E-state index in [0.29, 0.717) is 45.7 Å². The first-order valence-corrected chi connectivity index (χ1v) is 30.9. The lowest BCUT2D eigenvalue weighted by Gasteiger charge is -2.37. The van der Waals surface area contributed by atoms with Gasteiger partial charge in [0.1, 0.15) is 25.3 Å². The number of carboxylic acids is 1. The summed E-state index contributed by atoms with van der Waals surface area (Å²) in [4.78, 5) is 101. The van der Waals surface area contributed by atoms with Gasteiger partial charge in [-0.25, -0.2) is 37.3 Å². The van der Waals surface area contributed by atoms with Crippen molar-refractivity contribution in [1.29, 1.82) is 0 Å². The fourth-order valence-corrected chi connectivity index (χ4v) is 13.1. The van der Waals surface area contributed by atoms with Crippen molar-refractivity contribution >= 4 is 62.6 Å². The number of unbranched alkanes of at least 4 members (excludes halogenated alkanes) is 1. The second-order valence-corrected chi connectivity index (χ2v) is 24.3. The molecule has 20 nitrogen and oxygen atoms in total. The highest BCUT2D eigenvalue weighted by Crippen LogP contribution is 2.45. The summed E-state index contributed by atoms with van der Waals surface area (Å²) in [5.41, 5.74) is 6.58. The van der Waals surface area contributed by atoms with Crippen LogP contribution in [0.1, 0.15) is 98.2 Å². The number of fused-ring (bicyclic) bond motifs is 8. The van der Waals surface area contributed by atoms with Gasteiger partial charge in [0, 0.05) is 34.7 Å². The summed E-state index contributed by atoms with van der Waals surface area (Å²) in [6.07, 6.45) is -0.572. The molecule has 4 atom stereocenters. The van der Waals surface area contributed by atoms with Gasteiger partial charge in [-0.2, -0.15) is 0 Å². The SMILES string of the molecule is CC[C@@]1(OC(=O)[C@@H](NC(=O)[C@H](CCCCNC(=O)OCC2c3ccccc3-c3ccccc32)NC(=O)Nc2cccc(-c3ccc(S(=O)(=O)NC(CC(=O)O)c4ccccc4)cc3)c2)C(C)C)C(=O)OCc2c1cc1n(c2=O)Cc2cc3ccccc3nc2-1. The number of carboxylic acid groups (broad SMARTS) is 1. The van der Waals surface area contributed by atoms with Gasteiger partial charge in [-0.3, -0.25) is 14.4 Å². The number of aromatic nitrogens is 2. The largest absolute Gasteiger partial charge is 0.481 e. The minimum atomic E-state index is -4.18. The van der Waals surface area contributed by atoms with Crippen LogP contribution in [0.25, 0.3) is 44.5 Å². The van der Waals surface area contributed by atoms with Gasteiger partial charge in [0.2, 0.25) is 21.5 Å². The Balaban J connectivity index is 0.785. The predicted molar refractivity (Wildman–Crippen MR) is 332 cm³/mol. The number of para-hydroxylation sites is 1. The van der Waals surface area contributed by atoms with Crippen LogP contribution < -0.4 is 31.5 Å². The van der Waals surface area contributed by atoms with E-state index in [0.717, 1.165) is 33.2 Å². The number of alkyl carbamates (subject to hydrolysis) is 1. The molecule has 0 saturated carbocycles. The molecular weight excluding hydrogens is 1150 g/mol. The number of rotatable bonds is 22. The van der Waals surface area contributed by atoms with Crippen LogP contribution in [0.3, 0.4) is 0 Å². The van der Waals surface area contributed by atoms with E-state index >= 15 is 0 Å². The van der Waals surface area contributed by atoms with Gasteiger partial charge in [0.05, 0.1) is 46.4 Å². The van der Waals surface area contributed by atoms with Gasteiger partial charge in [-0.1, -0.05) is 142 Å². The maximum Gasteiger partial charge on any atom is 0.407 e. The van der Waals surface area contributed by atoms with Crippen molar-refractivity contribution in [2.45, 2.75) is 101 Å². The average Bonchev–Trinajstić information content (AvgIpc) is 1.75. The van der Waals surface area contributed by atoms with Gasteiger partial charge in [-0.05, 0) is 113 Å². The number of benzene rings is 6. The van der Waals surface area contributed by atoms with E-state index < -0.39 is 87.6 Å². The molecule has 456 valence electrons. The summed E-state index contributed by atoms with van der Waals surface area (Å²) in [7, 11) is -4.18. The molecule has 0 fully saturated rings. The second kappa shape index (κ2) is 25.8. The minimum absolute atomic E-state index is 0.0243. The molecule has 2 aliphatic heterocycles. The molecule has 0 saturated heterocycles. The zero-order valence-corrected chi connectivity index (χ0v) is 49.8. The number of esters is 2. The van der Waals surface area contributed by atoms with Crippen LogP contribution in [0, 0.1) is 5.92 Å². The van der Waals surface area contributed by atoms with Crippen LogP contribution in [-0.4, -0.2) is 84.3 Å². The minimum Gasteiger partial charge on any atom is -0.481 e. The number of nitrogens with one attached hydrogen (secondary N) is 5. The standard InChI is InChI=1S/C68H65N7O13S/c1-4-68(54-35-58-61-45(33-44-19-8-13-26-55(44)71-61)37-75(58)63(79)53(54)39-86-65(68)81)88-64(80)60(40(2)3)73-62(78)56(27-14-15-32-69-67(83)87-38-52-50-24-11-9-22-48(50)49-23-10-12-25-51(49)52)72-66(82)70-46-21-16-20-43(34-46)41-28-30-47(31-29-41)89(84,85)74-57(36-59(76)77)42-17-6-5-7-18-42/h5-13,16-26,28-31,33-35,40,52,56-57,60,74H,4,14-15,27,32,36-39H2,1-3H3,(H,69,83)(H,73,78)(H,76,77)(H2,70,72,82)/t56-,57?,60-,68-/m0/s1. The highest BCUT2D eigenvalue weighted by molar-refractivity contribution is 7.89. The van der Waals surface area contributed by atoms with Crippen molar-refractivity contribution < 1.29 is 56.5 Å². The molecule has 3 aliphatic rings.